The Morgan fingerprint density at radius 2 is 1.68 bits per heavy atom. The molecule has 3 aromatic rings. The molecule has 1 N–H and O–H groups in total. The van der Waals surface area contributed by atoms with Crippen LogP contribution in [0.3, 0.4) is 0 Å². The average molecular weight is 348 g/mol. The molecule has 126 valence electrons. The number of carbonyl (C=O) groups excluding carboxylic acids is 1. The van der Waals surface area contributed by atoms with Crippen molar-refractivity contribution in [2.75, 3.05) is 6.54 Å². The molecule has 0 aliphatic rings. The topological polar surface area (TPSA) is 42.0 Å². The molecule has 2 aromatic carbocycles. The normalized spacial score (nSPS) is 11.7. The maximum Gasteiger partial charge on any atom is 0.254 e. The zero-order valence-corrected chi connectivity index (χ0v) is 14.9. The second kappa shape index (κ2) is 8.49. The van der Waals surface area contributed by atoms with Gasteiger partial charge in [-0.05, 0) is 35.7 Å². The van der Waals surface area contributed by atoms with E-state index in [-0.39, 0.29) is 11.8 Å². The van der Waals surface area contributed by atoms with Crippen LogP contribution in [0.15, 0.2) is 88.9 Å². The van der Waals surface area contributed by atoms with Gasteiger partial charge in [0.2, 0.25) is 0 Å². The third-order valence-corrected chi connectivity index (χ3v) is 4.94. The van der Waals surface area contributed by atoms with Crippen molar-refractivity contribution in [1.29, 1.82) is 0 Å². The fourth-order valence-electron chi connectivity index (χ4n) is 2.49. The van der Waals surface area contributed by atoms with Gasteiger partial charge < -0.3 is 5.32 Å². The zero-order valence-electron chi connectivity index (χ0n) is 14.1. The number of aromatic nitrogens is 1. The number of nitrogens with one attached hydrogen (secondary N) is 1. The van der Waals surface area contributed by atoms with Crippen molar-refractivity contribution in [3.8, 4) is 0 Å². The number of nitrogens with zero attached hydrogens (tertiary/aromatic N) is 1. The fourth-order valence-corrected chi connectivity index (χ4v) is 3.39. The SMILES string of the molecule is CC(CNC(=O)c1cccnc1Sc1ccccc1)c1ccccc1. The van der Waals surface area contributed by atoms with E-state index in [0.29, 0.717) is 12.1 Å². The maximum atomic E-state index is 12.6. The highest BCUT2D eigenvalue weighted by atomic mass is 32.2. The lowest BCUT2D eigenvalue weighted by Gasteiger charge is -2.14. The smallest absolute Gasteiger partial charge is 0.254 e. The summed E-state index contributed by atoms with van der Waals surface area (Å²) < 4.78 is 0. The molecule has 0 aliphatic carbocycles. The van der Waals surface area contributed by atoms with Crippen molar-refractivity contribution in [3.05, 3.63) is 90.1 Å². The lowest BCUT2D eigenvalue weighted by Crippen LogP contribution is -2.28. The number of pyridine rings is 1. The van der Waals surface area contributed by atoms with Gasteiger partial charge in [0.15, 0.2) is 0 Å². The third kappa shape index (κ3) is 4.70. The van der Waals surface area contributed by atoms with E-state index in [4.69, 9.17) is 0 Å². The van der Waals surface area contributed by atoms with Crippen LogP contribution < -0.4 is 5.32 Å². The Bertz CT molecular complexity index is 822. The molecule has 1 heterocycles. The van der Waals surface area contributed by atoms with Crippen LogP contribution in [0.25, 0.3) is 0 Å². The number of carbonyl (C=O) groups is 1. The molecular weight excluding hydrogens is 328 g/mol. The highest BCUT2D eigenvalue weighted by Crippen LogP contribution is 2.28. The van der Waals surface area contributed by atoms with Crippen LogP contribution in [-0.2, 0) is 0 Å². The molecule has 1 atom stereocenters. The summed E-state index contributed by atoms with van der Waals surface area (Å²) in [6, 6.07) is 23.8. The van der Waals surface area contributed by atoms with Gasteiger partial charge in [-0.25, -0.2) is 4.98 Å². The van der Waals surface area contributed by atoms with Gasteiger partial charge >= 0.3 is 0 Å². The van der Waals surface area contributed by atoms with Gasteiger partial charge in [0, 0.05) is 17.6 Å². The van der Waals surface area contributed by atoms with E-state index in [1.807, 2.05) is 54.6 Å². The second-order valence-corrected chi connectivity index (χ2v) is 6.86. The van der Waals surface area contributed by atoms with Gasteiger partial charge in [-0.1, -0.05) is 67.2 Å². The minimum absolute atomic E-state index is 0.0886. The minimum atomic E-state index is -0.0886. The Labute approximate surface area is 152 Å². The Morgan fingerprint density at radius 1 is 1.00 bits per heavy atom. The molecule has 0 spiro atoms. The van der Waals surface area contributed by atoms with E-state index in [1.165, 1.54) is 17.3 Å². The van der Waals surface area contributed by atoms with Crippen LogP contribution in [0.1, 0.15) is 28.8 Å². The number of hydrogen-bond donors (Lipinski definition) is 1. The average Bonchev–Trinajstić information content (AvgIpc) is 2.68. The van der Waals surface area contributed by atoms with Gasteiger partial charge in [0.05, 0.1) is 5.56 Å². The van der Waals surface area contributed by atoms with E-state index in [9.17, 15) is 4.79 Å². The summed E-state index contributed by atoms with van der Waals surface area (Å²) in [5.74, 6) is 0.168. The molecule has 1 aromatic heterocycles. The predicted molar refractivity (Wildman–Crippen MR) is 102 cm³/mol. The van der Waals surface area contributed by atoms with Crippen LogP contribution in [0.5, 0.6) is 0 Å². The van der Waals surface area contributed by atoms with Gasteiger partial charge in [0.25, 0.3) is 5.91 Å². The molecule has 0 radical (unpaired) electrons. The van der Waals surface area contributed by atoms with Crippen LogP contribution in [0.2, 0.25) is 0 Å². The lowest BCUT2D eigenvalue weighted by molar-refractivity contribution is 0.0948. The molecule has 0 saturated carbocycles. The molecule has 3 nitrogen and oxygen atoms in total. The van der Waals surface area contributed by atoms with Gasteiger partial charge in [0.1, 0.15) is 5.03 Å². The Morgan fingerprint density at radius 3 is 2.40 bits per heavy atom. The summed E-state index contributed by atoms with van der Waals surface area (Å²) in [7, 11) is 0. The van der Waals surface area contributed by atoms with Crippen molar-refractivity contribution in [3.63, 3.8) is 0 Å². The van der Waals surface area contributed by atoms with Crippen LogP contribution in [-0.4, -0.2) is 17.4 Å². The predicted octanol–water partition coefficient (Wildman–Crippen LogP) is 4.77. The largest absolute Gasteiger partial charge is 0.351 e. The Kier molecular flexibility index (Phi) is 5.86. The van der Waals surface area contributed by atoms with Crippen molar-refractivity contribution >= 4 is 17.7 Å². The summed E-state index contributed by atoms with van der Waals surface area (Å²) in [5, 5.41) is 3.75. The number of benzene rings is 2. The quantitative estimate of drug-likeness (QED) is 0.698. The zero-order chi connectivity index (χ0) is 17.5. The molecule has 1 unspecified atom stereocenters. The van der Waals surface area contributed by atoms with Crippen LogP contribution in [0, 0.1) is 0 Å². The monoisotopic (exact) mass is 348 g/mol. The standard InChI is InChI=1S/C21H20N2OS/c1-16(17-9-4-2-5-10-17)15-23-20(24)19-13-8-14-22-21(19)25-18-11-6-3-7-12-18/h2-14,16H,15H2,1H3,(H,23,24). The highest BCUT2D eigenvalue weighted by Gasteiger charge is 2.14. The van der Waals surface area contributed by atoms with E-state index in [0.717, 1.165) is 9.92 Å². The number of rotatable bonds is 6. The third-order valence-electron chi connectivity index (χ3n) is 3.91. The first-order valence-electron chi connectivity index (χ1n) is 8.25. The number of amides is 1. The molecule has 3 rings (SSSR count). The van der Waals surface area contributed by atoms with Crippen molar-refractivity contribution < 1.29 is 4.79 Å². The molecule has 1 amide bonds. The summed E-state index contributed by atoms with van der Waals surface area (Å²) in [4.78, 5) is 18.1. The fraction of sp³-hybridized carbons (Fsp3) is 0.143. The van der Waals surface area contributed by atoms with Crippen molar-refractivity contribution in [2.24, 2.45) is 0 Å². The second-order valence-electron chi connectivity index (χ2n) is 5.79. The molecule has 0 bridgehead atoms. The Hall–Kier alpha value is -2.59. The summed E-state index contributed by atoms with van der Waals surface area (Å²) in [6.45, 7) is 2.70. The maximum absolute atomic E-state index is 12.6. The first kappa shape index (κ1) is 17.2. The van der Waals surface area contributed by atoms with Gasteiger partial charge in [-0.15, -0.1) is 0 Å². The van der Waals surface area contributed by atoms with E-state index in [2.05, 4.69) is 29.4 Å². The van der Waals surface area contributed by atoms with Crippen molar-refractivity contribution in [2.45, 2.75) is 22.8 Å². The first-order valence-corrected chi connectivity index (χ1v) is 9.07. The van der Waals surface area contributed by atoms with Crippen LogP contribution in [0.4, 0.5) is 0 Å². The van der Waals surface area contributed by atoms with E-state index >= 15 is 0 Å². The van der Waals surface area contributed by atoms with E-state index < -0.39 is 0 Å². The summed E-state index contributed by atoms with van der Waals surface area (Å²) >= 11 is 1.50. The van der Waals surface area contributed by atoms with Crippen molar-refractivity contribution in [1.82, 2.24) is 10.3 Å². The number of hydrogen-bond acceptors (Lipinski definition) is 3. The summed E-state index contributed by atoms with van der Waals surface area (Å²) in [5.41, 5.74) is 1.82. The lowest BCUT2D eigenvalue weighted by atomic mass is 10.0. The molecule has 0 aliphatic heterocycles. The molecular formula is C21H20N2OS. The molecule has 0 saturated heterocycles. The van der Waals surface area contributed by atoms with Gasteiger partial charge in [-0.2, -0.15) is 0 Å². The first-order chi connectivity index (χ1) is 12.2. The van der Waals surface area contributed by atoms with E-state index in [1.54, 1.807) is 12.3 Å². The Balaban J connectivity index is 1.68. The summed E-state index contributed by atoms with van der Waals surface area (Å²) in [6.07, 6.45) is 1.72. The van der Waals surface area contributed by atoms with Crippen LogP contribution >= 0.6 is 11.8 Å². The van der Waals surface area contributed by atoms with Gasteiger partial charge in [-0.3, -0.25) is 4.79 Å². The minimum Gasteiger partial charge on any atom is -0.351 e. The molecule has 0 fully saturated rings. The molecule has 25 heavy (non-hydrogen) atoms. The molecule has 4 heteroatoms. The highest BCUT2D eigenvalue weighted by molar-refractivity contribution is 7.99.